The van der Waals surface area contributed by atoms with Crippen molar-refractivity contribution in [3.05, 3.63) is 81.1 Å². The zero-order valence-corrected chi connectivity index (χ0v) is 18.5. The molecule has 0 saturated carbocycles. The Balaban J connectivity index is 1.76. The summed E-state index contributed by atoms with van der Waals surface area (Å²) in [6.45, 7) is 2.10. The summed E-state index contributed by atoms with van der Waals surface area (Å²) in [6, 6.07) is 16.9. The number of nitrogens with one attached hydrogen (secondary N) is 1. The summed E-state index contributed by atoms with van der Waals surface area (Å²) < 4.78 is 0. The Labute approximate surface area is 188 Å². The van der Waals surface area contributed by atoms with Gasteiger partial charge in [0, 0.05) is 21.0 Å². The average molecular weight is 464 g/mol. The minimum Gasteiger partial charge on any atom is -0.380 e. The molecule has 4 rings (SSSR count). The summed E-state index contributed by atoms with van der Waals surface area (Å²) in [5.74, 6) is 1.41. The van der Waals surface area contributed by atoms with Crippen LogP contribution in [0.25, 0.3) is 22.2 Å². The summed E-state index contributed by atoms with van der Waals surface area (Å²) in [5, 5.41) is 12.2. The largest absolute Gasteiger partial charge is 0.380 e. The van der Waals surface area contributed by atoms with Gasteiger partial charge in [0.1, 0.15) is 17.4 Å². The molecule has 0 saturated heterocycles. The number of fused-ring (bicyclic) bond motifs is 1. The highest BCUT2D eigenvalue weighted by Gasteiger charge is 2.21. The van der Waals surface area contributed by atoms with Crippen molar-refractivity contribution in [3.63, 3.8) is 0 Å². The second-order valence-electron chi connectivity index (χ2n) is 6.45. The van der Waals surface area contributed by atoms with Crippen molar-refractivity contribution in [2.75, 3.05) is 5.75 Å². The van der Waals surface area contributed by atoms with Gasteiger partial charge in [-0.2, -0.15) is 0 Å². The number of aliphatic hydroxyl groups is 1. The smallest absolute Gasteiger partial charge is 0.140 e. The highest BCUT2D eigenvalue weighted by Crippen LogP contribution is 2.42. The molecule has 1 aromatic heterocycles. The molecule has 0 fully saturated rings. The van der Waals surface area contributed by atoms with E-state index in [9.17, 15) is 5.11 Å². The molecule has 29 heavy (non-hydrogen) atoms. The van der Waals surface area contributed by atoms with Crippen LogP contribution in [0.3, 0.4) is 0 Å². The van der Waals surface area contributed by atoms with Crippen LogP contribution in [0.2, 0.25) is 15.1 Å². The van der Waals surface area contributed by atoms with E-state index in [1.165, 1.54) is 0 Å². The van der Waals surface area contributed by atoms with Crippen LogP contribution >= 0.6 is 46.6 Å². The van der Waals surface area contributed by atoms with E-state index in [2.05, 4.69) is 16.9 Å². The zero-order chi connectivity index (χ0) is 20.5. The summed E-state index contributed by atoms with van der Waals surface area (Å²) in [5.41, 5.74) is 3.30. The van der Waals surface area contributed by atoms with Crippen molar-refractivity contribution in [3.8, 4) is 11.1 Å². The summed E-state index contributed by atoms with van der Waals surface area (Å²) in [7, 11) is 0. The first-order valence-electron chi connectivity index (χ1n) is 9.03. The second kappa shape index (κ2) is 8.58. The first kappa shape index (κ1) is 20.6. The van der Waals surface area contributed by atoms with Gasteiger partial charge in [0.05, 0.1) is 15.6 Å². The molecule has 2 N–H and O–H groups in total. The van der Waals surface area contributed by atoms with Crippen molar-refractivity contribution < 1.29 is 5.11 Å². The van der Waals surface area contributed by atoms with Gasteiger partial charge in [-0.25, -0.2) is 4.98 Å². The number of thioether (sulfide) groups is 1. The molecule has 0 aliphatic carbocycles. The number of benzene rings is 3. The van der Waals surface area contributed by atoms with Crippen LogP contribution in [-0.4, -0.2) is 20.8 Å². The molecule has 148 valence electrons. The second-order valence-corrected chi connectivity index (χ2v) is 8.98. The lowest BCUT2D eigenvalue weighted by Crippen LogP contribution is -2.01. The van der Waals surface area contributed by atoms with Gasteiger partial charge in [-0.3, -0.25) is 0 Å². The number of aliphatic hydroxyl groups excluding tert-OH is 1. The first-order valence-corrected chi connectivity index (χ1v) is 11.1. The number of hydrogen-bond donors (Lipinski definition) is 2. The molecule has 3 nitrogen and oxygen atoms in total. The number of nitrogens with zero attached hydrogens (tertiary/aromatic N) is 1. The van der Waals surface area contributed by atoms with Gasteiger partial charge in [0.25, 0.3) is 0 Å². The van der Waals surface area contributed by atoms with E-state index in [4.69, 9.17) is 34.8 Å². The quantitative estimate of drug-likeness (QED) is 0.303. The Kier molecular flexibility index (Phi) is 6.09. The zero-order valence-electron chi connectivity index (χ0n) is 15.4. The number of aromatic amines is 1. The van der Waals surface area contributed by atoms with Crippen molar-refractivity contribution in [1.29, 1.82) is 0 Å². The van der Waals surface area contributed by atoms with Crippen LogP contribution in [-0.2, 0) is 0 Å². The van der Waals surface area contributed by atoms with Gasteiger partial charge in [0.2, 0.25) is 0 Å². The van der Waals surface area contributed by atoms with Crippen molar-refractivity contribution in [2.45, 2.75) is 17.9 Å². The number of aromatic nitrogens is 2. The molecular weight excluding hydrogens is 447 g/mol. The number of hydrogen-bond acceptors (Lipinski definition) is 3. The maximum absolute atomic E-state index is 10.8. The van der Waals surface area contributed by atoms with E-state index in [0.717, 1.165) is 21.8 Å². The Hall–Kier alpha value is -1.69. The van der Waals surface area contributed by atoms with E-state index in [0.29, 0.717) is 37.5 Å². The SMILES string of the molecule is CCSc1ccc(C(O)c2nc3c(Cl)c(-c4ccccc4Cl)c(Cl)cc3[nH]2)cc1. The van der Waals surface area contributed by atoms with Gasteiger partial charge in [-0.1, -0.05) is 72.1 Å². The Bertz CT molecular complexity index is 1170. The summed E-state index contributed by atoms with van der Waals surface area (Å²) in [4.78, 5) is 8.86. The van der Waals surface area contributed by atoms with Crippen LogP contribution in [0.4, 0.5) is 0 Å². The highest BCUT2D eigenvalue weighted by atomic mass is 35.5. The molecule has 4 aromatic rings. The van der Waals surface area contributed by atoms with Gasteiger partial charge in [0.15, 0.2) is 0 Å². The molecule has 1 unspecified atom stereocenters. The van der Waals surface area contributed by atoms with Crippen LogP contribution in [0.1, 0.15) is 24.4 Å². The first-order chi connectivity index (χ1) is 14.0. The van der Waals surface area contributed by atoms with Crippen LogP contribution in [0.15, 0.2) is 59.5 Å². The maximum Gasteiger partial charge on any atom is 0.140 e. The van der Waals surface area contributed by atoms with E-state index in [1.807, 2.05) is 42.5 Å². The third kappa shape index (κ3) is 4.00. The fourth-order valence-corrected chi connectivity index (χ4v) is 4.80. The van der Waals surface area contributed by atoms with E-state index in [1.54, 1.807) is 23.9 Å². The lowest BCUT2D eigenvalue weighted by Gasteiger charge is -2.09. The highest BCUT2D eigenvalue weighted by molar-refractivity contribution is 7.99. The van der Waals surface area contributed by atoms with Gasteiger partial charge in [-0.05, 0) is 35.6 Å². The van der Waals surface area contributed by atoms with Crippen LogP contribution in [0.5, 0.6) is 0 Å². The summed E-state index contributed by atoms with van der Waals surface area (Å²) in [6.07, 6.45) is -0.901. The lowest BCUT2D eigenvalue weighted by atomic mass is 10.0. The monoisotopic (exact) mass is 462 g/mol. The fourth-order valence-electron chi connectivity index (χ4n) is 3.21. The van der Waals surface area contributed by atoms with Gasteiger partial charge >= 0.3 is 0 Å². The molecule has 0 amide bonds. The minimum absolute atomic E-state index is 0.394. The Morgan fingerprint density at radius 2 is 1.76 bits per heavy atom. The van der Waals surface area contributed by atoms with Gasteiger partial charge < -0.3 is 10.1 Å². The average Bonchev–Trinajstić information content (AvgIpc) is 3.14. The molecule has 0 spiro atoms. The van der Waals surface area contributed by atoms with E-state index >= 15 is 0 Å². The Morgan fingerprint density at radius 1 is 1.03 bits per heavy atom. The molecule has 1 atom stereocenters. The molecule has 0 bridgehead atoms. The molecule has 7 heteroatoms. The normalized spacial score (nSPS) is 12.4. The van der Waals surface area contributed by atoms with E-state index < -0.39 is 6.10 Å². The molecular formula is C22H17Cl3N2OS. The standard InChI is InChI=1S/C22H17Cl3N2OS/c1-2-29-13-9-7-12(8-10-13)21(28)22-26-17-11-16(24)18(19(25)20(17)27-22)14-5-3-4-6-15(14)23/h3-11,21,28H,2H2,1H3,(H,26,27). The number of H-pyrrole nitrogens is 1. The minimum atomic E-state index is -0.901. The molecule has 1 heterocycles. The fraction of sp³-hybridized carbons (Fsp3) is 0.136. The van der Waals surface area contributed by atoms with Crippen molar-refractivity contribution in [2.24, 2.45) is 0 Å². The maximum atomic E-state index is 10.8. The Morgan fingerprint density at radius 3 is 2.45 bits per heavy atom. The molecule has 0 aliphatic rings. The van der Waals surface area contributed by atoms with Gasteiger partial charge in [-0.15, -0.1) is 11.8 Å². The predicted octanol–water partition coefficient (Wildman–Crippen LogP) is 7.38. The van der Waals surface area contributed by atoms with Crippen molar-refractivity contribution in [1.82, 2.24) is 9.97 Å². The topological polar surface area (TPSA) is 48.9 Å². The van der Waals surface area contributed by atoms with E-state index in [-0.39, 0.29) is 0 Å². The summed E-state index contributed by atoms with van der Waals surface area (Å²) >= 11 is 21.3. The molecule has 3 aromatic carbocycles. The third-order valence-electron chi connectivity index (χ3n) is 4.60. The third-order valence-corrected chi connectivity index (χ3v) is 6.49. The number of rotatable bonds is 5. The van der Waals surface area contributed by atoms with Crippen LogP contribution in [0, 0.1) is 0 Å². The van der Waals surface area contributed by atoms with Crippen molar-refractivity contribution >= 4 is 57.6 Å². The number of imidazole rings is 1. The molecule has 0 aliphatic heterocycles. The lowest BCUT2D eigenvalue weighted by molar-refractivity contribution is 0.211. The van der Waals surface area contributed by atoms with Crippen LogP contribution < -0.4 is 0 Å². The molecule has 0 radical (unpaired) electrons. The number of halogens is 3. The predicted molar refractivity (Wildman–Crippen MR) is 123 cm³/mol.